The molecule has 2 fully saturated rings. The molecule has 0 aromatic carbocycles. The van der Waals surface area contributed by atoms with Gasteiger partial charge in [0.15, 0.2) is 17.3 Å². The minimum absolute atomic E-state index is 0.0381. The van der Waals surface area contributed by atoms with Crippen LogP contribution in [0.25, 0.3) is 17.0 Å². The summed E-state index contributed by atoms with van der Waals surface area (Å²) in [6.45, 7) is 2.07. The average Bonchev–Trinajstić information content (AvgIpc) is 3.70. The molecule has 2 aliphatic rings. The maximum atomic E-state index is 13.2. The van der Waals surface area contributed by atoms with Crippen molar-refractivity contribution in [1.29, 1.82) is 0 Å². The van der Waals surface area contributed by atoms with E-state index in [0.29, 0.717) is 36.1 Å². The molecule has 1 amide bonds. The first-order chi connectivity index (χ1) is 18.0. The molecule has 198 valence electrons. The predicted octanol–water partition coefficient (Wildman–Crippen LogP) is 2.66. The van der Waals surface area contributed by atoms with Crippen molar-refractivity contribution >= 4 is 11.6 Å². The maximum Gasteiger partial charge on any atom is 0.228 e. The lowest BCUT2D eigenvalue weighted by atomic mass is 9.82. The molecule has 0 unspecified atom stereocenters. The minimum atomic E-state index is -0.982. The van der Waals surface area contributed by atoms with Crippen LogP contribution in [0.5, 0.6) is 0 Å². The van der Waals surface area contributed by atoms with Crippen molar-refractivity contribution < 1.29 is 15.0 Å². The normalized spacial score (nSPS) is 19.0. The molecule has 2 aliphatic carbocycles. The summed E-state index contributed by atoms with van der Waals surface area (Å²) in [6.07, 6.45) is 11.5. The molecule has 0 spiro atoms. The molecule has 0 saturated heterocycles. The van der Waals surface area contributed by atoms with Gasteiger partial charge >= 0.3 is 0 Å². The Morgan fingerprint density at radius 1 is 1.16 bits per heavy atom. The van der Waals surface area contributed by atoms with E-state index in [2.05, 4.69) is 32.5 Å². The molecule has 3 aromatic heterocycles. The van der Waals surface area contributed by atoms with E-state index in [1.54, 1.807) is 16.9 Å². The Morgan fingerprint density at radius 3 is 2.68 bits per heavy atom. The van der Waals surface area contributed by atoms with E-state index in [0.717, 1.165) is 43.4 Å². The van der Waals surface area contributed by atoms with Gasteiger partial charge in [-0.05, 0) is 49.7 Å². The lowest BCUT2D eigenvalue weighted by molar-refractivity contribution is -0.123. The van der Waals surface area contributed by atoms with E-state index in [1.165, 1.54) is 19.3 Å². The number of rotatable bonds is 11. The topological polar surface area (TPSA) is 138 Å². The summed E-state index contributed by atoms with van der Waals surface area (Å²) in [5, 5.41) is 37.9. The molecule has 0 aliphatic heterocycles. The van der Waals surface area contributed by atoms with Crippen molar-refractivity contribution in [1.82, 2.24) is 35.1 Å². The third-order valence-electron chi connectivity index (χ3n) is 7.65. The van der Waals surface area contributed by atoms with Crippen LogP contribution < -0.4 is 5.32 Å². The Labute approximate surface area is 216 Å². The highest BCUT2D eigenvalue weighted by Crippen LogP contribution is 2.36. The van der Waals surface area contributed by atoms with Gasteiger partial charge in [0.1, 0.15) is 6.10 Å². The van der Waals surface area contributed by atoms with Crippen molar-refractivity contribution in [2.45, 2.75) is 95.8 Å². The summed E-state index contributed by atoms with van der Waals surface area (Å²) in [6, 6.07) is 3.22. The summed E-state index contributed by atoms with van der Waals surface area (Å²) in [5.41, 5.74) is 2.09. The first-order valence-electron chi connectivity index (χ1n) is 13.7. The molecule has 0 radical (unpaired) electrons. The number of hydrogen-bond donors (Lipinski definition) is 3. The molecule has 10 nitrogen and oxygen atoms in total. The second-order valence-electron chi connectivity index (χ2n) is 10.6. The fourth-order valence-corrected chi connectivity index (χ4v) is 5.45. The largest absolute Gasteiger partial charge is 0.390 e. The molecule has 3 atom stereocenters. The number of hydrogen-bond acceptors (Lipinski definition) is 8. The second kappa shape index (κ2) is 11.6. The number of carbonyl (C=O) groups excluding carboxylic acids is 1. The standard InChI is InChI=1S/C27H37N7O3/c1-2-7-20-27-32-31-22(34(27)33-26(30-20)19-10-6-13-28-16-19)15-23(35)29-21(14-17-8-4-3-5-9-17)25(37)24(36)18-11-12-18/h6,10,13,16-18,21,24-25,36-37H,2-5,7-9,11-12,14-15H2,1H3,(H,29,35)/t21-,24-,25+/m0/s1. The van der Waals surface area contributed by atoms with Crippen molar-refractivity contribution in [2.24, 2.45) is 11.8 Å². The Bertz CT molecular complexity index is 1190. The minimum Gasteiger partial charge on any atom is -0.390 e. The van der Waals surface area contributed by atoms with Crippen LogP contribution in [0.4, 0.5) is 0 Å². The smallest absolute Gasteiger partial charge is 0.228 e. The van der Waals surface area contributed by atoms with Gasteiger partial charge in [-0.25, -0.2) is 4.98 Å². The van der Waals surface area contributed by atoms with Crippen molar-refractivity contribution in [2.75, 3.05) is 0 Å². The monoisotopic (exact) mass is 507 g/mol. The van der Waals surface area contributed by atoms with Crippen LogP contribution in [0.2, 0.25) is 0 Å². The number of nitrogens with one attached hydrogen (secondary N) is 1. The van der Waals surface area contributed by atoms with Crippen molar-refractivity contribution in [3.63, 3.8) is 0 Å². The molecule has 3 heterocycles. The van der Waals surface area contributed by atoms with E-state index in [4.69, 9.17) is 4.98 Å². The molecule has 10 heteroatoms. The highest BCUT2D eigenvalue weighted by molar-refractivity contribution is 5.78. The number of aliphatic hydroxyl groups is 2. The second-order valence-corrected chi connectivity index (χ2v) is 10.6. The van der Waals surface area contributed by atoms with E-state index < -0.39 is 18.2 Å². The van der Waals surface area contributed by atoms with Crippen molar-refractivity contribution in [3.8, 4) is 11.4 Å². The maximum absolute atomic E-state index is 13.2. The number of aliphatic hydroxyl groups excluding tert-OH is 2. The fourth-order valence-electron chi connectivity index (χ4n) is 5.45. The number of nitrogens with zero attached hydrogens (tertiary/aromatic N) is 6. The van der Waals surface area contributed by atoms with E-state index in [-0.39, 0.29) is 18.2 Å². The molecule has 2 saturated carbocycles. The predicted molar refractivity (Wildman–Crippen MR) is 137 cm³/mol. The Balaban J connectivity index is 1.36. The van der Waals surface area contributed by atoms with Gasteiger partial charge in [0.25, 0.3) is 0 Å². The third kappa shape index (κ3) is 6.13. The molecule has 5 rings (SSSR count). The number of pyridine rings is 1. The quantitative estimate of drug-likeness (QED) is 0.360. The summed E-state index contributed by atoms with van der Waals surface area (Å²) in [7, 11) is 0. The van der Waals surface area contributed by atoms with Gasteiger partial charge in [0, 0.05) is 18.0 Å². The van der Waals surface area contributed by atoms with Gasteiger partial charge in [-0.3, -0.25) is 9.78 Å². The SMILES string of the molecule is CCCc1nc(-c2cccnc2)nn2c(CC(=O)N[C@@H](CC3CCCCC3)[C@@H](O)[C@@H](O)C3CC3)nnc12. The van der Waals surface area contributed by atoms with Gasteiger partial charge in [-0.2, -0.15) is 4.52 Å². The van der Waals surface area contributed by atoms with Crippen LogP contribution in [0.15, 0.2) is 24.5 Å². The highest BCUT2D eigenvalue weighted by atomic mass is 16.3. The van der Waals surface area contributed by atoms with Gasteiger partial charge in [0.2, 0.25) is 5.91 Å². The van der Waals surface area contributed by atoms with Gasteiger partial charge in [-0.15, -0.1) is 15.3 Å². The van der Waals surface area contributed by atoms with Crippen LogP contribution in [0.1, 0.15) is 76.2 Å². The summed E-state index contributed by atoms with van der Waals surface area (Å²) in [4.78, 5) is 22.1. The zero-order valence-electron chi connectivity index (χ0n) is 21.5. The molecule has 37 heavy (non-hydrogen) atoms. The fraction of sp³-hybridized carbons (Fsp3) is 0.630. The van der Waals surface area contributed by atoms with Crippen LogP contribution in [-0.4, -0.2) is 64.1 Å². The lowest BCUT2D eigenvalue weighted by Crippen LogP contribution is -2.50. The Hall–Kier alpha value is -2.98. The summed E-state index contributed by atoms with van der Waals surface area (Å²) >= 11 is 0. The van der Waals surface area contributed by atoms with Crippen LogP contribution >= 0.6 is 0 Å². The Morgan fingerprint density at radius 2 is 1.97 bits per heavy atom. The number of aryl methyl sites for hydroxylation is 1. The van der Waals surface area contributed by atoms with Gasteiger partial charge in [0.05, 0.1) is 24.3 Å². The number of amides is 1. The molecular formula is C27H37N7O3. The summed E-state index contributed by atoms with van der Waals surface area (Å²) < 4.78 is 1.60. The first kappa shape index (κ1) is 25.7. The van der Waals surface area contributed by atoms with E-state index >= 15 is 0 Å². The molecule has 3 aromatic rings. The zero-order valence-corrected chi connectivity index (χ0v) is 21.5. The van der Waals surface area contributed by atoms with E-state index in [9.17, 15) is 15.0 Å². The zero-order chi connectivity index (χ0) is 25.8. The number of fused-ring (bicyclic) bond motifs is 1. The van der Waals surface area contributed by atoms with Gasteiger partial charge < -0.3 is 15.5 Å². The van der Waals surface area contributed by atoms with Crippen molar-refractivity contribution in [3.05, 3.63) is 36.0 Å². The average molecular weight is 508 g/mol. The highest BCUT2D eigenvalue weighted by Gasteiger charge is 2.39. The third-order valence-corrected chi connectivity index (χ3v) is 7.65. The summed E-state index contributed by atoms with van der Waals surface area (Å²) in [5.74, 6) is 1.21. The van der Waals surface area contributed by atoms with Crippen LogP contribution in [0.3, 0.4) is 0 Å². The van der Waals surface area contributed by atoms with Crippen LogP contribution in [-0.2, 0) is 17.6 Å². The number of aromatic nitrogens is 6. The van der Waals surface area contributed by atoms with Gasteiger partial charge in [-0.1, -0.05) is 45.4 Å². The molecular weight excluding hydrogens is 470 g/mol. The van der Waals surface area contributed by atoms with Crippen LogP contribution in [0, 0.1) is 11.8 Å². The number of carbonyl (C=O) groups is 1. The first-order valence-corrected chi connectivity index (χ1v) is 13.7. The molecule has 0 bridgehead atoms. The molecule has 3 N–H and O–H groups in total. The lowest BCUT2D eigenvalue weighted by Gasteiger charge is -2.32. The van der Waals surface area contributed by atoms with E-state index in [1.807, 2.05) is 12.1 Å². The Kier molecular flexibility index (Phi) is 8.05.